The number of amides is 1. The third kappa shape index (κ3) is 5.70. The quantitative estimate of drug-likeness (QED) is 0.593. The number of carbonyl (C=O) groups is 1. The van der Waals surface area contributed by atoms with Gasteiger partial charge >= 0.3 is 6.18 Å². The zero-order valence-electron chi connectivity index (χ0n) is 18.7. The molecule has 0 bridgehead atoms. The molecular formula is C22H27F3N4O4S. The lowest BCUT2D eigenvalue weighted by molar-refractivity contribution is -0.214. The van der Waals surface area contributed by atoms with Crippen LogP contribution in [0.3, 0.4) is 0 Å². The molecular weight excluding hydrogens is 473 g/mol. The number of nitrogens with one attached hydrogen (secondary N) is 1. The van der Waals surface area contributed by atoms with E-state index >= 15 is 0 Å². The number of halogens is 3. The Labute approximate surface area is 195 Å². The number of likely N-dealkylation sites (tertiary alicyclic amines) is 1. The number of ether oxygens (including phenoxy) is 1. The summed E-state index contributed by atoms with van der Waals surface area (Å²) in [5.74, 6) is -2.00. The van der Waals surface area contributed by atoms with Crippen molar-refractivity contribution in [2.45, 2.75) is 51.3 Å². The Morgan fingerprint density at radius 2 is 1.76 bits per heavy atom. The lowest BCUT2D eigenvalue weighted by Gasteiger charge is -2.36. The third-order valence-corrected chi connectivity index (χ3v) is 7.48. The van der Waals surface area contributed by atoms with Crippen molar-refractivity contribution in [1.29, 1.82) is 0 Å². The second kappa shape index (κ2) is 9.55. The second-order valence-corrected chi connectivity index (χ2v) is 10.6. The van der Waals surface area contributed by atoms with Crippen LogP contribution in [0.25, 0.3) is 11.0 Å². The van der Waals surface area contributed by atoms with Crippen molar-refractivity contribution in [3.63, 3.8) is 0 Å². The molecule has 1 N–H and O–H groups in total. The number of anilines is 1. The first-order chi connectivity index (χ1) is 16.1. The van der Waals surface area contributed by atoms with Crippen molar-refractivity contribution < 1.29 is 31.1 Å². The van der Waals surface area contributed by atoms with Gasteiger partial charge in [-0.1, -0.05) is 19.1 Å². The molecule has 1 aromatic heterocycles. The van der Waals surface area contributed by atoms with E-state index in [9.17, 15) is 26.4 Å². The number of para-hydroxylation sites is 2. The number of nitrogens with zero attached hydrogens (tertiary/aromatic N) is 3. The predicted octanol–water partition coefficient (Wildman–Crippen LogP) is 3.74. The average molecular weight is 501 g/mol. The van der Waals surface area contributed by atoms with E-state index in [0.29, 0.717) is 11.9 Å². The van der Waals surface area contributed by atoms with E-state index < -0.39 is 34.1 Å². The number of hydrogen-bond donors (Lipinski definition) is 1. The minimum atomic E-state index is -4.72. The number of alkyl halides is 3. The lowest BCUT2D eigenvalue weighted by Crippen LogP contribution is -2.48. The summed E-state index contributed by atoms with van der Waals surface area (Å²) in [4.78, 5) is 22.2. The highest BCUT2D eigenvalue weighted by Crippen LogP contribution is 2.38. The maximum absolute atomic E-state index is 14.1. The fourth-order valence-corrected chi connectivity index (χ4v) is 5.23. The van der Waals surface area contributed by atoms with Gasteiger partial charge in [0.1, 0.15) is 0 Å². The van der Waals surface area contributed by atoms with Crippen LogP contribution in [0, 0.1) is 11.8 Å². The lowest BCUT2D eigenvalue weighted by atomic mass is 9.90. The van der Waals surface area contributed by atoms with Gasteiger partial charge in [-0.15, -0.1) is 0 Å². The van der Waals surface area contributed by atoms with Gasteiger partial charge in [0.25, 0.3) is 5.88 Å². The molecule has 34 heavy (non-hydrogen) atoms. The third-order valence-electron chi connectivity index (χ3n) is 6.03. The molecule has 2 aromatic rings. The minimum Gasteiger partial charge on any atom is -0.462 e. The molecule has 8 nitrogen and oxygen atoms in total. The van der Waals surface area contributed by atoms with Gasteiger partial charge in [-0.2, -0.15) is 13.2 Å². The molecule has 12 heteroatoms. The number of rotatable bonds is 8. The van der Waals surface area contributed by atoms with E-state index in [2.05, 4.69) is 14.7 Å². The molecule has 0 spiro atoms. The summed E-state index contributed by atoms with van der Waals surface area (Å²) < 4.78 is 74.6. The normalized spacial score (nSPS) is 18.6. The number of carbonyl (C=O) groups excluding carboxylic acids is 1. The summed E-state index contributed by atoms with van der Waals surface area (Å²) >= 11 is 0. The molecule has 1 unspecified atom stereocenters. The number of sulfonamides is 1. The molecule has 1 saturated carbocycles. The van der Waals surface area contributed by atoms with Gasteiger partial charge in [-0.25, -0.2) is 18.4 Å². The van der Waals surface area contributed by atoms with Gasteiger partial charge in [0.15, 0.2) is 6.10 Å². The molecule has 2 fully saturated rings. The van der Waals surface area contributed by atoms with Crippen LogP contribution in [0.15, 0.2) is 24.3 Å². The first-order valence-electron chi connectivity index (χ1n) is 11.4. The van der Waals surface area contributed by atoms with Gasteiger partial charge in [0.05, 0.1) is 16.8 Å². The zero-order valence-corrected chi connectivity index (χ0v) is 19.5. The van der Waals surface area contributed by atoms with Crippen LogP contribution in [0.1, 0.15) is 39.0 Å². The monoisotopic (exact) mass is 500 g/mol. The Kier molecular flexibility index (Phi) is 6.88. The largest absolute Gasteiger partial charge is 0.462 e. The molecule has 2 aliphatic rings. The Bertz CT molecular complexity index is 1150. The first-order valence-corrected chi connectivity index (χ1v) is 13.0. The van der Waals surface area contributed by atoms with Crippen molar-refractivity contribution in [2.24, 2.45) is 11.8 Å². The van der Waals surface area contributed by atoms with E-state index in [1.807, 2.05) is 0 Å². The molecule has 2 heterocycles. The van der Waals surface area contributed by atoms with Gasteiger partial charge in [-0.05, 0) is 44.2 Å². The molecule has 1 saturated heterocycles. The van der Waals surface area contributed by atoms with Crippen molar-refractivity contribution in [1.82, 2.24) is 14.9 Å². The fourth-order valence-electron chi connectivity index (χ4n) is 4.16. The molecule has 1 aliphatic heterocycles. The van der Waals surface area contributed by atoms with Crippen molar-refractivity contribution >= 4 is 32.8 Å². The van der Waals surface area contributed by atoms with Crippen LogP contribution in [-0.4, -0.2) is 60.3 Å². The molecule has 1 atom stereocenters. The zero-order chi connectivity index (χ0) is 24.5. The van der Waals surface area contributed by atoms with Crippen LogP contribution in [0.5, 0.6) is 5.88 Å². The van der Waals surface area contributed by atoms with Crippen molar-refractivity contribution in [3.8, 4) is 5.88 Å². The summed E-state index contributed by atoms with van der Waals surface area (Å²) in [5, 5.41) is 0. The average Bonchev–Trinajstić information content (AvgIpc) is 3.61. The van der Waals surface area contributed by atoms with E-state index in [4.69, 9.17) is 4.74 Å². The Morgan fingerprint density at radius 1 is 1.15 bits per heavy atom. The van der Waals surface area contributed by atoms with Crippen LogP contribution in [0.2, 0.25) is 0 Å². The highest BCUT2D eigenvalue weighted by atomic mass is 32.2. The summed E-state index contributed by atoms with van der Waals surface area (Å²) in [6, 6.07) is 6.45. The maximum atomic E-state index is 14.1. The van der Waals surface area contributed by atoms with Gasteiger partial charge in [0, 0.05) is 24.9 Å². The number of piperidine rings is 1. The Balaban J connectivity index is 1.60. The highest BCUT2D eigenvalue weighted by Gasteiger charge is 2.49. The smallest absolute Gasteiger partial charge is 0.425 e. The van der Waals surface area contributed by atoms with Crippen LogP contribution in [0.4, 0.5) is 19.0 Å². The van der Waals surface area contributed by atoms with Crippen LogP contribution < -0.4 is 9.46 Å². The summed E-state index contributed by atoms with van der Waals surface area (Å²) in [7, 11) is -3.85. The first kappa shape index (κ1) is 24.5. The maximum Gasteiger partial charge on any atom is 0.425 e. The standard InChI is InChI=1S/C22H27F3N4O4S/c1-2-13-34(31,32)28-19-20(27-17-6-4-3-5-16(17)26-19)33-18(22(23,24)25)14-9-11-29(12-10-14)21(30)15-7-8-15/h3-6,14-15,18H,2,7-13H2,1H3,(H,26,28). The number of fused-ring (bicyclic) bond motifs is 1. The molecule has 1 aromatic carbocycles. The van der Waals surface area contributed by atoms with Crippen molar-refractivity contribution in [3.05, 3.63) is 24.3 Å². The van der Waals surface area contributed by atoms with Gasteiger partial charge < -0.3 is 9.64 Å². The topological polar surface area (TPSA) is 101 Å². The summed E-state index contributed by atoms with van der Waals surface area (Å²) in [5.41, 5.74) is 0.598. The Morgan fingerprint density at radius 3 is 2.32 bits per heavy atom. The number of aromatic nitrogens is 2. The summed E-state index contributed by atoms with van der Waals surface area (Å²) in [6.07, 6.45) is -4.69. The number of benzene rings is 1. The van der Waals surface area contributed by atoms with E-state index in [0.717, 1.165) is 12.8 Å². The fraction of sp³-hybridized carbons (Fsp3) is 0.591. The number of hydrogen-bond acceptors (Lipinski definition) is 6. The van der Waals surface area contributed by atoms with E-state index in [1.54, 1.807) is 36.1 Å². The van der Waals surface area contributed by atoms with Crippen molar-refractivity contribution in [2.75, 3.05) is 23.6 Å². The minimum absolute atomic E-state index is 0.0101. The Hall–Kier alpha value is -2.63. The highest BCUT2D eigenvalue weighted by molar-refractivity contribution is 7.92. The van der Waals surface area contributed by atoms with Gasteiger partial charge in [0.2, 0.25) is 21.7 Å². The van der Waals surface area contributed by atoms with Crippen LogP contribution in [-0.2, 0) is 14.8 Å². The summed E-state index contributed by atoms with van der Waals surface area (Å²) in [6.45, 7) is 2.13. The second-order valence-electron chi connectivity index (χ2n) is 8.80. The molecule has 186 valence electrons. The molecule has 4 rings (SSSR count). The predicted molar refractivity (Wildman–Crippen MR) is 120 cm³/mol. The van der Waals surface area contributed by atoms with E-state index in [1.165, 1.54) is 0 Å². The van der Waals surface area contributed by atoms with Gasteiger partial charge in [-0.3, -0.25) is 9.52 Å². The van der Waals surface area contributed by atoms with E-state index in [-0.39, 0.29) is 54.8 Å². The SMILES string of the molecule is CCCS(=O)(=O)Nc1nc2ccccc2nc1OC(C1CCN(C(=O)C2CC2)CC1)C(F)(F)F. The molecule has 1 amide bonds. The molecule has 0 radical (unpaired) electrons. The molecule has 1 aliphatic carbocycles. The van der Waals surface area contributed by atoms with Crippen LogP contribution >= 0.6 is 0 Å².